The van der Waals surface area contributed by atoms with Crippen LogP contribution >= 0.6 is 11.6 Å². The van der Waals surface area contributed by atoms with Gasteiger partial charge in [-0.1, -0.05) is 18.5 Å². The molecule has 7 heteroatoms. The maximum Gasteiger partial charge on any atom is 0.224 e. The summed E-state index contributed by atoms with van der Waals surface area (Å²) in [6.45, 7) is 7.97. The van der Waals surface area contributed by atoms with Crippen LogP contribution in [0.1, 0.15) is 20.3 Å². The molecule has 24 heavy (non-hydrogen) atoms. The Kier molecular flexibility index (Phi) is 6.57. The standard InChI is InChI=1S/C17H23ClFN3O2/c1-3-20-8-10-21(11-9-20)17(24)6-7-22(13(2)23)14-4-5-16(19)15(18)12-14/h4-5,12H,3,6-11H2,1-2H3. The third kappa shape index (κ3) is 4.68. The SMILES string of the molecule is CCN1CCN(C(=O)CCN(C(C)=O)c2ccc(F)c(Cl)c2)CC1. The second kappa shape index (κ2) is 8.44. The molecule has 1 aromatic rings. The minimum Gasteiger partial charge on any atom is -0.340 e. The van der Waals surface area contributed by atoms with Crippen molar-refractivity contribution >= 4 is 29.1 Å². The van der Waals surface area contributed by atoms with Crippen molar-refractivity contribution in [2.24, 2.45) is 0 Å². The summed E-state index contributed by atoms with van der Waals surface area (Å²) in [6.07, 6.45) is 0.237. The number of rotatable bonds is 5. The third-order valence-electron chi connectivity index (χ3n) is 4.32. The summed E-state index contributed by atoms with van der Waals surface area (Å²) in [5.74, 6) is -0.708. The molecule has 0 unspecified atom stereocenters. The van der Waals surface area contributed by atoms with Crippen molar-refractivity contribution in [2.45, 2.75) is 20.3 Å². The lowest BCUT2D eigenvalue weighted by atomic mass is 10.2. The zero-order chi connectivity index (χ0) is 17.7. The molecule has 0 aromatic heterocycles. The van der Waals surface area contributed by atoms with Gasteiger partial charge in [0.05, 0.1) is 5.02 Å². The molecule has 0 bridgehead atoms. The minimum absolute atomic E-state index is 0.0326. The zero-order valence-electron chi connectivity index (χ0n) is 14.1. The lowest BCUT2D eigenvalue weighted by molar-refractivity contribution is -0.132. The number of likely N-dealkylation sites (N-methyl/N-ethyl adjacent to an activating group) is 1. The molecule has 0 spiro atoms. The van der Waals surface area contributed by atoms with Crippen LogP contribution in [0.2, 0.25) is 5.02 Å². The van der Waals surface area contributed by atoms with E-state index < -0.39 is 5.82 Å². The van der Waals surface area contributed by atoms with Crippen LogP contribution in [0.4, 0.5) is 10.1 Å². The topological polar surface area (TPSA) is 43.9 Å². The molecule has 0 N–H and O–H groups in total. The lowest BCUT2D eigenvalue weighted by Crippen LogP contribution is -2.49. The summed E-state index contributed by atoms with van der Waals surface area (Å²) >= 11 is 5.78. The third-order valence-corrected chi connectivity index (χ3v) is 4.61. The lowest BCUT2D eigenvalue weighted by Gasteiger charge is -2.34. The predicted molar refractivity (Wildman–Crippen MR) is 92.7 cm³/mol. The Morgan fingerprint density at radius 1 is 1.25 bits per heavy atom. The van der Waals surface area contributed by atoms with Gasteiger partial charge in [-0.3, -0.25) is 9.59 Å². The number of nitrogens with zero attached hydrogens (tertiary/aromatic N) is 3. The fourth-order valence-corrected chi connectivity index (χ4v) is 2.98. The Bertz CT molecular complexity index is 603. The number of piperazine rings is 1. The van der Waals surface area contributed by atoms with Crippen molar-refractivity contribution < 1.29 is 14.0 Å². The van der Waals surface area contributed by atoms with E-state index in [1.54, 1.807) is 0 Å². The normalized spacial score (nSPS) is 15.4. The molecule has 1 fully saturated rings. The Hall–Kier alpha value is -1.66. The number of halogens is 2. The largest absolute Gasteiger partial charge is 0.340 e. The van der Waals surface area contributed by atoms with Crippen LogP contribution in [0, 0.1) is 5.82 Å². The maximum atomic E-state index is 13.3. The van der Waals surface area contributed by atoms with Crippen molar-refractivity contribution in [1.29, 1.82) is 0 Å². The first kappa shape index (κ1) is 18.7. The van der Waals surface area contributed by atoms with Crippen molar-refractivity contribution in [3.63, 3.8) is 0 Å². The highest BCUT2D eigenvalue weighted by molar-refractivity contribution is 6.31. The number of amides is 2. The second-order valence-corrected chi connectivity index (χ2v) is 6.24. The summed E-state index contributed by atoms with van der Waals surface area (Å²) < 4.78 is 13.3. The van der Waals surface area contributed by atoms with Gasteiger partial charge in [0.15, 0.2) is 0 Å². The van der Waals surface area contributed by atoms with E-state index in [0.717, 1.165) is 32.7 Å². The Balaban J connectivity index is 1.95. The number of carbonyl (C=O) groups excluding carboxylic acids is 2. The smallest absolute Gasteiger partial charge is 0.224 e. The molecule has 1 aromatic carbocycles. The number of carbonyl (C=O) groups is 2. The molecule has 0 aliphatic carbocycles. The summed E-state index contributed by atoms with van der Waals surface area (Å²) in [5, 5.41) is -0.0410. The van der Waals surface area contributed by atoms with Gasteiger partial charge in [0.25, 0.3) is 0 Å². The first-order valence-electron chi connectivity index (χ1n) is 8.15. The van der Waals surface area contributed by atoms with E-state index >= 15 is 0 Å². The van der Waals surface area contributed by atoms with Crippen molar-refractivity contribution in [1.82, 2.24) is 9.80 Å². The molecule has 1 heterocycles. The highest BCUT2D eigenvalue weighted by Gasteiger charge is 2.21. The molecule has 1 aliphatic rings. The summed E-state index contributed by atoms with van der Waals surface area (Å²) in [5.41, 5.74) is 0.498. The van der Waals surface area contributed by atoms with E-state index in [0.29, 0.717) is 5.69 Å². The van der Waals surface area contributed by atoms with Crippen molar-refractivity contribution in [3.05, 3.63) is 29.0 Å². The van der Waals surface area contributed by atoms with Crippen LogP contribution in [0.25, 0.3) is 0 Å². The summed E-state index contributed by atoms with van der Waals surface area (Å²) in [6, 6.07) is 4.12. The van der Waals surface area contributed by atoms with Gasteiger partial charge >= 0.3 is 0 Å². The number of benzene rings is 1. The summed E-state index contributed by atoms with van der Waals surface area (Å²) in [4.78, 5) is 29.8. The van der Waals surface area contributed by atoms with Gasteiger partial charge in [-0.25, -0.2) is 4.39 Å². The average Bonchev–Trinajstić information content (AvgIpc) is 2.57. The number of anilines is 1. The molecular formula is C17H23ClFN3O2. The van der Waals surface area contributed by atoms with Crippen LogP contribution < -0.4 is 4.90 Å². The van der Waals surface area contributed by atoms with Gasteiger partial charge in [0, 0.05) is 51.8 Å². The fourth-order valence-electron chi connectivity index (χ4n) is 2.80. The second-order valence-electron chi connectivity index (χ2n) is 5.83. The van der Waals surface area contributed by atoms with Gasteiger partial charge in [0.1, 0.15) is 5.82 Å². The van der Waals surface area contributed by atoms with Crippen LogP contribution in [-0.4, -0.2) is 60.9 Å². The van der Waals surface area contributed by atoms with E-state index in [4.69, 9.17) is 11.6 Å². The van der Waals surface area contributed by atoms with Crippen LogP contribution in [-0.2, 0) is 9.59 Å². The van der Waals surface area contributed by atoms with Gasteiger partial charge < -0.3 is 14.7 Å². The highest BCUT2D eigenvalue weighted by Crippen LogP contribution is 2.23. The fraction of sp³-hybridized carbons (Fsp3) is 0.529. The van der Waals surface area contributed by atoms with Crippen LogP contribution in [0.15, 0.2) is 18.2 Å². The molecule has 5 nitrogen and oxygen atoms in total. The van der Waals surface area contributed by atoms with E-state index in [-0.39, 0.29) is 29.8 Å². The Labute approximate surface area is 147 Å². The molecular weight excluding hydrogens is 333 g/mol. The van der Waals surface area contributed by atoms with Crippen LogP contribution in [0.3, 0.4) is 0 Å². The molecule has 0 atom stereocenters. The minimum atomic E-state index is -0.534. The van der Waals surface area contributed by atoms with Gasteiger partial charge in [-0.05, 0) is 24.7 Å². The predicted octanol–water partition coefficient (Wildman–Crippen LogP) is 2.39. The summed E-state index contributed by atoms with van der Waals surface area (Å²) in [7, 11) is 0. The first-order valence-corrected chi connectivity index (χ1v) is 8.53. The van der Waals surface area contributed by atoms with E-state index in [1.165, 1.54) is 30.0 Å². The molecule has 0 radical (unpaired) electrons. The Morgan fingerprint density at radius 2 is 1.92 bits per heavy atom. The van der Waals surface area contributed by atoms with Crippen molar-refractivity contribution in [3.8, 4) is 0 Å². The zero-order valence-corrected chi connectivity index (χ0v) is 14.9. The van der Waals surface area contributed by atoms with Gasteiger partial charge in [-0.15, -0.1) is 0 Å². The van der Waals surface area contributed by atoms with Gasteiger partial charge in [0.2, 0.25) is 11.8 Å². The van der Waals surface area contributed by atoms with E-state index in [1.807, 2.05) is 4.90 Å². The average molecular weight is 356 g/mol. The van der Waals surface area contributed by atoms with E-state index in [2.05, 4.69) is 11.8 Å². The van der Waals surface area contributed by atoms with Crippen molar-refractivity contribution in [2.75, 3.05) is 44.2 Å². The molecule has 132 valence electrons. The van der Waals surface area contributed by atoms with E-state index in [9.17, 15) is 14.0 Å². The highest BCUT2D eigenvalue weighted by atomic mass is 35.5. The van der Waals surface area contributed by atoms with Gasteiger partial charge in [-0.2, -0.15) is 0 Å². The first-order chi connectivity index (χ1) is 11.4. The molecule has 2 rings (SSSR count). The molecule has 0 saturated carbocycles. The molecule has 1 saturated heterocycles. The quantitative estimate of drug-likeness (QED) is 0.814. The monoisotopic (exact) mass is 355 g/mol. The molecule has 1 aliphatic heterocycles. The molecule has 2 amide bonds. The van der Waals surface area contributed by atoms with Crippen LogP contribution in [0.5, 0.6) is 0 Å². The maximum absolute atomic E-state index is 13.3. The number of hydrogen-bond donors (Lipinski definition) is 0. The number of hydrogen-bond acceptors (Lipinski definition) is 3. The Morgan fingerprint density at radius 3 is 2.46 bits per heavy atom.